The normalized spacial score (nSPS) is 22.5. The topological polar surface area (TPSA) is 81.5 Å². The minimum atomic E-state index is -0.400. The summed E-state index contributed by atoms with van der Waals surface area (Å²) in [7, 11) is 0. The molecule has 0 radical (unpaired) electrons. The number of nitrogens with zero attached hydrogens (tertiary/aromatic N) is 1. The summed E-state index contributed by atoms with van der Waals surface area (Å²) in [5.41, 5.74) is 2.69. The van der Waals surface area contributed by atoms with Gasteiger partial charge in [0, 0.05) is 24.3 Å². The Morgan fingerprint density at radius 3 is 2.79 bits per heavy atom. The smallest absolute Gasteiger partial charge is 0.339 e. The summed E-state index contributed by atoms with van der Waals surface area (Å²) >= 11 is 0. The van der Waals surface area contributed by atoms with E-state index in [0.29, 0.717) is 12.2 Å². The van der Waals surface area contributed by atoms with E-state index in [4.69, 9.17) is 4.74 Å². The van der Waals surface area contributed by atoms with E-state index in [-0.39, 0.29) is 23.6 Å². The largest absolute Gasteiger partial charge is 0.462 e. The Balaban J connectivity index is 1.91. The standard InChI is InChI=1S/C18H20N2O4/c1-2-24-18(21)16-11-19-17(15-6-4-3-5-14(15)16)12-7-9-13(10-8-12)20(22)23/h5,7-11,15,17,19H,2-4,6H2,1H3. The fraction of sp³-hybridized carbons (Fsp3) is 0.389. The van der Waals surface area contributed by atoms with Gasteiger partial charge in [-0.1, -0.05) is 18.2 Å². The Labute approximate surface area is 140 Å². The van der Waals surface area contributed by atoms with Gasteiger partial charge in [-0.15, -0.1) is 0 Å². The molecule has 3 rings (SSSR count). The number of nitro benzene ring substituents is 1. The number of benzene rings is 1. The monoisotopic (exact) mass is 328 g/mol. The van der Waals surface area contributed by atoms with E-state index in [0.717, 1.165) is 30.4 Å². The summed E-state index contributed by atoms with van der Waals surface area (Å²) in [5.74, 6) is -0.130. The number of nitrogens with one attached hydrogen (secondary N) is 1. The molecule has 2 atom stereocenters. The third-order valence-electron chi connectivity index (χ3n) is 4.56. The van der Waals surface area contributed by atoms with E-state index in [1.807, 2.05) is 0 Å². The van der Waals surface area contributed by atoms with Crippen molar-refractivity contribution in [1.29, 1.82) is 0 Å². The van der Waals surface area contributed by atoms with Crippen molar-refractivity contribution in [3.8, 4) is 0 Å². The lowest BCUT2D eigenvalue weighted by Crippen LogP contribution is -2.34. The average molecular weight is 328 g/mol. The SMILES string of the molecule is CCOC(=O)C1=CNC(c2ccc([N+](=O)[O-])cc2)C2CCCC=C12. The van der Waals surface area contributed by atoms with Gasteiger partial charge in [0.15, 0.2) is 0 Å². The second-order valence-corrected chi connectivity index (χ2v) is 5.97. The highest BCUT2D eigenvalue weighted by Crippen LogP contribution is 2.42. The summed E-state index contributed by atoms with van der Waals surface area (Å²) in [6.07, 6.45) is 6.83. The molecular weight excluding hydrogens is 308 g/mol. The van der Waals surface area contributed by atoms with Gasteiger partial charge in [0.05, 0.1) is 23.1 Å². The molecule has 0 amide bonds. The molecule has 0 saturated carbocycles. The lowest BCUT2D eigenvalue weighted by atomic mass is 9.75. The highest BCUT2D eigenvalue weighted by molar-refractivity contribution is 5.94. The molecule has 2 unspecified atom stereocenters. The Morgan fingerprint density at radius 2 is 2.12 bits per heavy atom. The van der Waals surface area contributed by atoms with Gasteiger partial charge in [-0.3, -0.25) is 10.1 Å². The highest BCUT2D eigenvalue weighted by Gasteiger charge is 2.35. The van der Waals surface area contributed by atoms with Crippen molar-refractivity contribution in [1.82, 2.24) is 5.32 Å². The molecule has 0 fully saturated rings. The van der Waals surface area contributed by atoms with Gasteiger partial charge in [-0.25, -0.2) is 4.79 Å². The van der Waals surface area contributed by atoms with Crippen LogP contribution in [-0.4, -0.2) is 17.5 Å². The number of non-ortho nitro benzene ring substituents is 1. The molecule has 0 aromatic heterocycles. The van der Waals surface area contributed by atoms with Crippen LogP contribution in [0.5, 0.6) is 0 Å². The molecule has 0 spiro atoms. The second kappa shape index (κ2) is 6.86. The third-order valence-corrected chi connectivity index (χ3v) is 4.56. The number of esters is 1. The fourth-order valence-electron chi connectivity index (χ4n) is 3.45. The number of ether oxygens (including phenoxy) is 1. The van der Waals surface area contributed by atoms with Gasteiger partial charge in [0.25, 0.3) is 5.69 Å². The number of rotatable bonds is 4. The van der Waals surface area contributed by atoms with Gasteiger partial charge >= 0.3 is 5.97 Å². The third kappa shape index (κ3) is 3.04. The molecule has 6 heteroatoms. The zero-order valence-electron chi connectivity index (χ0n) is 13.5. The Hall–Kier alpha value is -2.63. The molecule has 1 aliphatic heterocycles. The van der Waals surface area contributed by atoms with Crippen molar-refractivity contribution >= 4 is 11.7 Å². The molecule has 1 N–H and O–H groups in total. The summed E-state index contributed by atoms with van der Waals surface area (Å²) in [6, 6.07) is 6.62. The van der Waals surface area contributed by atoms with E-state index in [1.54, 1.807) is 25.3 Å². The Kier molecular flexibility index (Phi) is 4.64. The van der Waals surface area contributed by atoms with Crippen molar-refractivity contribution in [3.63, 3.8) is 0 Å². The summed E-state index contributed by atoms with van der Waals surface area (Å²) in [5, 5.41) is 14.1. The van der Waals surface area contributed by atoms with Gasteiger partial charge in [-0.2, -0.15) is 0 Å². The van der Waals surface area contributed by atoms with E-state index in [2.05, 4.69) is 11.4 Å². The number of carbonyl (C=O) groups is 1. The molecule has 2 aliphatic rings. The first-order chi connectivity index (χ1) is 11.6. The highest BCUT2D eigenvalue weighted by atomic mass is 16.6. The molecule has 1 aromatic carbocycles. The molecule has 1 heterocycles. The fourth-order valence-corrected chi connectivity index (χ4v) is 3.45. The Bertz CT molecular complexity index is 706. The van der Waals surface area contributed by atoms with Gasteiger partial charge in [-0.05, 0) is 37.3 Å². The second-order valence-electron chi connectivity index (χ2n) is 5.97. The number of allylic oxidation sites excluding steroid dienone is 1. The molecule has 1 aromatic rings. The zero-order chi connectivity index (χ0) is 17.1. The molecular formula is C18H20N2O4. The molecule has 0 saturated heterocycles. The van der Waals surface area contributed by atoms with Crippen LogP contribution in [0, 0.1) is 16.0 Å². The maximum Gasteiger partial charge on any atom is 0.339 e. The van der Waals surface area contributed by atoms with Crippen molar-refractivity contribution in [3.05, 3.63) is 63.4 Å². The number of carbonyl (C=O) groups excluding carboxylic acids is 1. The van der Waals surface area contributed by atoms with Gasteiger partial charge in [0.1, 0.15) is 0 Å². The first-order valence-electron chi connectivity index (χ1n) is 8.20. The molecule has 24 heavy (non-hydrogen) atoms. The van der Waals surface area contributed by atoms with Crippen LogP contribution in [0.25, 0.3) is 0 Å². The van der Waals surface area contributed by atoms with Crippen molar-refractivity contribution < 1.29 is 14.5 Å². The summed E-state index contributed by atoms with van der Waals surface area (Å²) in [6.45, 7) is 2.14. The summed E-state index contributed by atoms with van der Waals surface area (Å²) < 4.78 is 5.15. The first kappa shape index (κ1) is 16.2. The van der Waals surface area contributed by atoms with Crippen molar-refractivity contribution in [2.24, 2.45) is 5.92 Å². The van der Waals surface area contributed by atoms with Crippen LogP contribution in [0.4, 0.5) is 5.69 Å². The van der Waals surface area contributed by atoms with Crippen LogP contribution < -0.4 is 5.32 Å². The zero-order valence-corrected chi connectivity index (χ0v) is 13.5. The lowest BCUT2D eigenvalue weighted by molar-refractivity contribution is -0.384. The van der Waals surface area contributed by atoms with Crippen LogP contribution in [0.2, 0.25) is 0 Å². The van der Waals surface area contributed by atoms with Crippen LogP contribution in [-0.2, 0) is 9.53 Å². The number of nitro groups is 1. The van der Waals surface area contributed by atoms with E-state index >= 15 is 0 Å². The first-order valence-corrected chi connectivity index (χ1v) is 8.20. The van der Waals surface area contributed by atoms with Crippen molar-refractivity contribution in [2.75, 3.05) is 6.61 Å². The molecule has 1 aliphatic carbocycles. The number of hydrogen-bond donors (Lipinski definition) is 1. The molecule has 0 bridgehead atoms. The predicted octanol–water partition coefficient (Wildman–Crippen LogP) is 3.41. The number of fused-ring (bicyclic) bond motifs is 1. The average Bonchev–Trinajstić information content (AvgIpc) is 2.61. The maximum absolute atomic E-state index is 12.2. The van der Waals surface area contributed by atoms with E-state index in [9.17, 15) is 14.9 Å². The predicted molar refractivity (Wildman–Crippen MR) is 89.1 cm³/mol. The minimum absolute atomic E-state index is 0.00975. The van der Waals surface area contributed by atoms with Crippen LogP contribution in [0.15, 0.2) is 47.7 Å². The minimum Gasteiger partial charge on any atom is -0.462 e. The number of hydrogen-bond acceptors (Lipinski definition) is 5. The molecule has 6 nitrogen and oxygen atoms in total. The van der Waals surface area contributed by atoms with Crippen LogP contribution in [0.1, 0.15) is 37.8 Å². The maximum atomic E-state index is 12.2. The van der Waals surface area contributed by atoms with E-state index < -0.39 is 4.92 Å². The molecule has 126 valence electrons. The van der Waals surface area contributed by atoms with Crippen molar-refractivity contribution in [2.45, 2.75) is 32.2 Å². The van der Waals surface area contributed by atoms with Crippen LogP contribution in [0.3, 0.4) is 0 Å². The lowest BCUT2D eigenvalue weighted by Gasteiger charge is -2.36. The van der Waals surface area contributed by atoms with E-state index in [1.165, 1.54) is 12.1 Å². The Morgan fingerprint density at radius 1 is 1.38 bits per heavy atom. The van der Waals surface area contributed by atoms with Crippen LogP contribution >= 0.6 is 0 Å². The van der Waals surface area contributed by atoms with Gasteiger partial charge in [0.2, 0.25) is 0 Å². The van der Waals surface area contributed by atoms with Gasteiger partial charge < -0.3 is 10.1 Å². The quantitative estimate of drug-likeness (QED) is 0.520. The summed E-state index contributed by atoms with van der Waals surface area (Å²) in [4.78, 5) is 22.6.